The van der Waals surface area contributed by atoms with Gasteiger partial charge in [0.05, 0.1) is 15.5 Å². The largest absolute Gasteiger partial charge is 0.457 e. The molecular formula is C23H15ClN2O4. The minimum Gasteiger partial charge on any atom is -0.457 e. The standard InChI is InChI=1S/C23H15ClN2O4/c24-22-12-8-18(26(28)29)14-21(22)23(27)25-17-6-10-19(11-7-17)30-20-9-5-15-3-1-2-4-16(15)13-20/h1-14H,(H,25,27). The van der Waals surface area contributed by atoms with Crippen LogP contribution in [0.3, 0.4) is 0 Å². The number of carbonyl (C=O) groups is 1. The Labute approximate surface area is 176 Å². The molecular weight excluding hydrogens is 404 g/mol. The van der Waals surface area contributed by atoms with Crippen molar-refractivity contribution in [2.75, 3.05) is 5.32 Å². The molecule has 0 unspecified atom stereocenters. The number of fused-ring (bicyclic) bond motifs is 1. The maximum Gasteiger partial charge on any atom is 0.270 e. The number of benzene rings is 4. The summed E-state index contributed by atoms with van der Waals surface area (Å²) in [4.78, 5) is 22.8. The van der Waals surface area contributed by atoms with E-state index in [2.05, 4.69) is 5.32 Å². The van der Waals surface area contributed by atoms with E-state index >= 15 is 0 Å². The molecule has 0 atom stereocenters. The SMILES string of the molecule is O=C(Nc1ccc(Oc2ccc3ccccc3c2)cc1)c1cc([N+](=O)[O-])ccc1Cl. The van der Waals surface area contributed by atoms with Gasteiger partial charge in [-0.25, -0.2) is 0 Å². The summed E-state index contributed by atoms with van der Waals surface area (Å²) in [5.41, 5.74) is 0.333. The van der Waals surface area contributed by atoms with E-state index < -0.39 is 10.8 Å². The number of ether oxygens (including phenoxy) is 1. The molecule has 0 aliphatic carbocycles. The van der Waals surface area contributed by atoms with Crippen molar-refractivity contribution in [3.8, 4) is 11.5 Å². The Balaban J connectivity index is 1.47. The second-order valence-corrected chi connectivity index (χ2v) is 6.92. The number of nitrogens with zero attached hydrogens (tertiary/aromatic N) is 1. The molecule has 1 amide bonds. The number of rotatable bonds is 5. The molecule has 0 bridgehead atoms. The number of hydrogen-bond acceptors (Lipinski definition) is 4. The van der Waals surface area contributed by atoms with Gasteiger partial charge in [0.2, 0.25) is 0 Å². The van der Waals surface area contributed by atoms with Crippen LogP contribution in [0.4, 0.5) is 11.4 Å². The third kappa shape index (κ3) is 4.24. The Kier molecular flexibility index (Phi) is 5.32. The van der Waals surface area contributed by atoms with Gasteiger partial charge in [0.1, 0.15) is 11.5 Å². The summed E-state index contributed by atoms with van der Waals surface area (Å²) in [5.74, 6) is 0.775. The lowest BCUT2D eigenvalue weighted by molar-refractivity contribution is -0.384. The summed E-state index contributed by atoms with van der Waals surface area (Å²) in [7, 11) is 0. The molecule has 0 heterocycles. The smallest absolute Gasteiger partial charge is 0.270 e. The first-order valence-electron chi connectivity index (χ1n) is 9.01. The van der Waals surface area contributed by atoms with Crippen LogP contribution < -0.4 is 10.1 Å². The number of nitrogens with one attached hydrogen (secondary N) is 1. The molecule has 0 saturated heterocycles. The van der Waals surface area contributed by atoms with Crippen LogP contribution in [0.15, 0.2) is 84.9 Å². The molecule has 0 radical (unpaired) electrons. The maximum absolute atomic E-state index is 12.5. The van der Waals surface area contributed by atoms with Crippen LogP contribution in [0.25, 0.3) is 10.8 Å². The minimum absolute atomic E-state index is 0.0300. The molecule has 0 fully saturated rings. The van der Waals surface area contributed by atoms with Crippen molar-refractivity contribution in [3.05, 3.63) is 106 Å². The molecule has 4 aromatic carbocycles. The monoisotopic (exact) mass is 418 g/mol. The van der Waals surface area contributed by atoms with Gasteiger partial charge in [-0.15, -0.1) is 0 Å². The minimum atomic E-state index is -0.577. The molecule has 4 aromatic rings. The van der Waals surface area contributed by atoms with E-state index in [1.807, 2.05) is 42.5 Å². The molecule has 7 heteroatoms. The first-order valence-corrected chi connectivity index (χ1v) is 9.39. The van der Waals surface area contributed by atoms with Crippen molar-refractivity contribution < 1.29 is 14.5 Å². The summed E-state index contributed by atoms with van der Waals surface area (Å²) in [6.07, 6.45) is 0. The molecule has 6 nitrogen and oxygen atoms in total. The van der Waals surface area contributed by atoms with Crippen LogP contribution in [-0.4, -0.2) is 10.8 Å². The highest BCUT2D eigenvalue weighted by Crippen LogP contribution is 2.27. The van der Waals surface area contributed by atoms with Crippen LogP contribution in [0, 0.1) is 10.1 Å². The normalized spacial score (nSPS) is 10.6. The first-order chi connectivity index (χ1) is 14.5. The van der Waals surface area contributed by atoms with E-state index in [4.69, 9.17) is 16.3 Å². The Morgan fingerprint density at radius 3 is 2.30 bits per heavy atom. The molecule has 0 aliphatic rings. The fraction of sp³-hybridized carbons (Fsp3) is 0. The van der Waals surface area contributed by atoms with Gasteiger partial charge in [0.25, 0.3) is 11.6 Å². The number of amides is 1. The number of hydrogen-bond donors (Lipinski definition) is 1. The molecule has 0 aromatic heterocycles. The number of non-ortho nitro benzene ring substituents is 1. The van der Waals surface area contributed by atoms with Crippen LogP contribution in [0.1, 0.15) is 10.4 Å². The summed E-state index contributed by atoms with van der Waals surface area (Å²) in [6, 6.07) is 24.4. The van der Waals surface area contributed by atoms with Gasteiger partial charge in [-0.1, -0.05) is 41.9 Å². The molecule has 1 N–H and O–H groups in total. The van der Waals surface area contributed by atoms with Crippen molar-refractivity contribution in [1.29, 1.82) is 0 Å². The van der Waals surface area contributed by atoms with Crippen molar-refractivity contribution in [1.82, 2.24) is 0 Å². The zero-order valence-electron chi connectivity index (χ0n) is 15.5. The Bertz CT molecular complexity index is 1260. The molecule has 0 spiro atoms. The second-order valence-electron chi connectivity index (χ2n) is 6.51. The average Bonchev–Trinajstić information content (AvgIpc) is 2.75. The number of carbonyl (C=O) groups excluding carboxylic acids is 1. The fourth-order valence-electron chi connectivity index (χ4n) is 2.97. The maximum atomic E-state index is 12.5. The highest BCUT2D eigenvalue weighted by molar-refractivity contribution is 6.34. The van der Waals surface area contributed by atoms with E-state index in [9.17, 15) is 14.9 Å². The second kappa shape index (κ2) is 8.23. The van der Waals surface area contributed by atoms with Gasteiger partial charge in [0.15, 0.2) is 0 Å². The lowest BCUT2D eigenvalue weighted by Crippen LogP contribution is -2.12. The Hall–Kier alpha value is -3.90. The summed E-state index contributed by atoms with van der Waals surface area (Å²) in [5, 5.41) is 15.9. The highest BCUT2D eigenvalue weighted by atomic mass is 35.5. The van der Waals surface area contributed by atoms with Crippen molar-refractivity contribution in [2.24, 2.45) is 0 Å². The highest BCUT2D eigenvalue weighted by Gasteiger charge is 2.16. The lowest BCUT2D eigenvalue weighted by atomic mass is 10.1. The molecule has 148 valence electrons. The van der Waals surface area contributed by atoms with E-state index in [1.165, 1.54) is 12.1 Å². The summed E-state index contributed by atoms with van der Waals surface area (Å²) >= 11 is 6.02. The van der Waals surface area contributed by atoms with Crippen molar-refractivity contribution in [3.63, 3.8) is 0 Å². The Morgan fingerprint density at radius 2 is 1.57 bits per heavy atom. The predicted molar refractivity (Wildman–Crippen MR) is 117 cm³/mol. The van der Waals surface area contributed by atoms with E-state index in [-0.39, 0.29) is 16.3 Å². The molecule has 0 aliphatic heterocycles. The molecule has 4 rings (SSSR count). The zero-order chi connectivity index (χ0) is 21.1. The number of nitro groups is 1. The summed E-state index contributed by atoms with van der Waals surface area (Å²) < 4.78 is 5.88. The average molecular weight is 419 g/mol. The number of nitro benzene ring substituents is 1. The van der Waals surface area contributed by atoms with E-state index in [0.29, 0.717) is 17.2 Å². The first kappa shape index (κ1) is 19.4. The van der Waals surface area contributed by atoms with Gasteiger partial charge in [-0.3, -0.25) is 14.9 Å². The van der Waals surface area contributed by atoms with E-state index in [0.717, 1.165) is 16.8 Å². The van der Waals surface area contributed by atoms with Gasteiger partial charge < -0.3 is 10.1 Å². The quantitative estimate of drug-likeness (QED) is 0.298. The van der Waals surface area contributed by atoms with Crippen LogP contribution >= 0.6 is 11.6 Å². The number of anilines is 1. The molecule has 30 heavy (non-hydrogen) atoms. The third-order valence-corrected chi connectivity index (χ3v) is 4.80. The molecule has 0 saturated carbocycles. The zero-order valence-corrected chi connectivity index (χ0v) is 16.3. The topological polar surface area (TPSA) is 81.5 Å². The lowest BCUT2D eigenvalue weighted by Gasteiger charge is -2.09. The van der Waals surface area contributed by atoms with Crippen LogP contribution in [0.2, 0.25) is 5.02 Å². The third-order valence-electron chi connectivity index (χ3n) is 4.47. The predicted octanol–water partition coefficient (Wildman–Crippen LogP) is 6.45. The van der Waals surface area contributed by atoms with Crippen LogP contribution in [0.5, 0.6) is 11.5 Å². The van der Waals surface area contributed by atoms with Crippen LogP contribution in [-0.2, 0) is 0 Å². The van der Waals surface area contributed by atoms with Crippen molar-refractivity contribution >= 4 is 39.7 Å². The van der Waals surface area contributed by atoms with Gasteiger partial charge in [-0.2, -0.15) is 0 Å². The van der Waals surface area contributed by atoms with Gasteiger partial charge >= 0.3 is 0 Å². The Morgan fingerprint density at radius 1 is 0.867 bits per heavy atom. The van der Waals surface area contributed by atoms with E-state index in [1.54, 1.807) is 24.3 Å². The number of halogens is 1. The van der Waals surface area contributed by atoms with Crippen molar-refractivity contribution in [2.45, 2.75) is 0 Å². The summed E-state index contributed by atoms with van der Waals surface area (Å²) in [6.45, 7) is 0. The van der Waals surface area contributed by atoms with Gasteiger partial charge in [-0.05, 0) is 53.2 Å². The van der Waals surface area contributed by atoms with Gasteiger partial charge in [0, 0.05) is 17.8 Å². The fourth-order valence-corrected chi connectivity index (χ4v) is 3.18.